The molecular weight excluding hydrogens is 468 g/mol. The Morgan fingerprint density at radius 1 is 0.973 bits per heavy atom. The fourth-order valence-electron chi connectivity index (χ4n) is 7.11. The van der Waals surface area contributed by atoms with Crippen molar-refractivity contribution in [2.75, 3.05) is 0 Å². The van der Waals surface area contributed by atoms with Crippen LogP contribution in [0, 0.1) is 28.6 Å². The zero-order valence-corrected chi connectivity index (χ0v) is 23.9. The van der Waals surface area contributed by atoms with Crippen molar-refractivity contribution in [3.05, 3.63) is 34.6 Å². The van der Waals surface area contributed by atoms with Crippen molar-refractivity contribution >= 4 is 17.3 Å². The summed E-state index contributed by atoms with van der Waals surface area (Å²) in [7, 11) is 0. The van der Waals surface area contributed by atoms with Crippen LogP contribution in [0.3, 0.4) is 0 Å². The molecule has 0 aromatic carbocycles. The van der Waals surface area contributed by atoms with Crippen LogP contribution in [-0.2, 0) is 14.4 Å². The lowest BCUT2D eigenvalue weighted by atomic mass is 9.48. The average molecular weight is 515 g/mol. The van der Waals surface area contributed by atoms with E-state index in [-0.39, 0.29) is 49.5 Å². The van der Waals surface area contributed by atoms with E-state index in [1.165, 1.54) is 0 Å². The van der Waals surface area contributed by atoms with Crippen molar-refractivity contribution in [3.8, 4) is 0 Å². The zero-order valence-electron chi connectivity index (χ0n) is 23.9. The Bertz CT molecular complexity index is 1040. The van der Waals surface area contributed by atoms with Crippen molar-refractivity contribution in [3.63, 3.8) is 0 Å². The molecule has 1 spiro atoms. The molecule has 0 radical (unpaired) electrons. The minimum absolute atomic E-state index is 0.0476. The third kappa shape index (κ3) is 5.04. The number of fused-ring (bicyclic) bond motifs is 1. The molecule has 0 aliphatic heterocycles. The Labute approximate surface area is 221 Å². The van der Waals surface area contributed by atoms with Crippen LogP contribution in [0.2, 0.25) is 0 Å². The highest BCUT2D eigenvalue weighted by Gasteiger charge is 2.68. The number of hydrogen-bond donors (Lipinski definition) is 3. The van der Waals surface area contributed by atoms with Gasteiger partial charge in [-0.05, 0) is 97.8 Å². The van der Waals surface area contributed by atoms with Gasteiger partial charge in [0.05, 0.1) is 16.6 Å². The van der Waals surface area contributed by atoms with Crippen LogP contribution in [0.4, 0.5) is 0 Å². The van der Waals surface area contributed by atoms with E-state index in [1.54, 1.807) is 13.8 Å². The number of ketones is 3. The minimum atomic E-state index is -1.63. The van der Waals surface area contributed by atoms with Crippen LogP contribution in [0.1, 0.15) is 100 Å². The van der Waals surface area contributed by atoms with Gasteiger partial charge < -0.3 is 15.3 Å². The number of rotatable bonds is 7. The normalized spacial score (nSPS) is 35.1. The van der Waals surface area contributed by atoms with Crippen molar-refractivity contribution < 1.29 is 29.7 Å². The number of aliphatic hydroxyl groups excluding tert-OH is 1. The Balaban J connectivity index is 2.35. The molecule has 0 saturated heterocycles. The zero-order chi connectivity index (χ0) is 28.1. The van der Waals surface area contributed by atoms with Crippen LogP contribution in [0.15, 0.2) is 34.6 Å². The van der Waals surface area contributed by atoms with Gasteiger partial charge in [0.2, 0.25) is 0 Å². The van der Waals surface area contributed by atoms with E-state index in [9.17, 15) is 29.7 Å². The van der Waals surface area contributed by atoms with Gasteiger partial charge in [-0.15, -0.1) is 0 Å². The van der Waals surface area contributed by atoms with Crippen LogP contribution in [0.5, 0.6) is 0 Å². The van der Waals surface area contributed by atoms with E-state index in [2.05, 4.69) is 0 Å². The maximum Gasteiger partial charge on any atom is 0.184 e. The summed E-state index contributed by atoms with van der Waals surface area (Å²) in [6.07, 6.45) is 5.09. The van der Waals surface area contributed by atoms with Gasteiger partial charge in [-0.25, -0.2) is 0 Å². The second-order valence-electron chi connectivity index (χ2n) is 13.4. The lowest BCUT2D eigenvalue weighted by molar-refractivity contribution is -0.168. The second-order valence-corrected chi connectivity index (χ2v) is 13.4. The van der Waals surface area contributed by atoms with E-state index in [0.717, 1.165) is 11.1 Å². The van der Waals surface area contributed by atoms with Gasteiger partial charge in [0.15, 0.2) is 17.3 Å². The summed E-state index contributed by atoms with van der Waals surface area (Å²) < 4.78 is 0. The van der Waals surface area contributed by atoms with Crippen LogP contribution in [-0.4, -0.2) is 43.9 Å². The van der Waals surface area contributed by atoms with Gasteiger partial charge in [0, 0.05) is 6.42 Å². The molecule has 0 aromatic heterocycles. The highest BCUT2D eigenvalue weighted by atomic mass is 16.3. The molecule has 3 rings (SSSR count). The molecule has 2 fully saturated rings. The van der Waals surface area contributed by atoms with Gasteiger partial charge >= 0.3 is 0 Å². The summed E-state index contributed by atoms with van der Waals surface area (Å²) in [5.41, 5.74) is -4.10. The minimum Gasteiger partial charge on any atom is -0.510 e. The van der Waals surface area contributed by atoms with Gasteiger partial charge in [0.1, 0.15) is 16.7 Å². The van der Waals surface area contributed by atoms with Gasteiger partial charge in [-0.3, -0.25) is 14.4 Å². The molecule has 0 aromatic rings. The molecule has 0 bridgehead atoms. The lowest BCUT2D eigenvalue weighted by Gasteiger charge is -2.54. The molecule has 3 aliphatic carbocycles. The number of carbonyl (C=O) groups is 3. The number of carbonyl (C=O) groups excluding carboxylic acids is 3. The molecule has 0 heterocycles. The third-order valence-electron chi connectivity index (χ3n) is 9.08. The van der Waals surface area contributed by atoms with E-state index in [4.69, 9.17) is 0 Å². The first-order valence-corrected chi connectivity index (χ1v) is 13.7. The van der Waals surface area contributed by atoms with E-state index in [0.29, 0.717) is 12.8 Å². The summed E-state index contributed by atoms with van der Waals surface area (Å²) in [6, 6.07) is 0. The van der Waals surface area contributed by atoms with Crippen molar-refractivity contribution in [1.82, 2.24) is 0 Å². The van der Waals surface area contributed by atoms with E-state index < -0.39 is 51.1 Å². The fraction of sp³-hybridized carbons (Fsp3) is 0.710. The van der Waals surface area contributed by atoms with Crippen molar-refractivity contribution in [2.45, 2.75) is 112 Å². The van der Waals surface area contributed by atoms with Crippen molar-refractivity contribution in [1.29, 1.82) is 0 Å². The molecule has 6 nitrogen and oxygen atoms in total. The molecule has 3 aliphatic rings. The molecule has 3 N–H and O–H groups in total. The quantitative estimate of drug-likeness (QED) is 0.233. The predicted octanol–water partition coefficient (Wildman–Crippen LogP) is 5.57. The predicted molar refractivity (Wildman–Crippen MR) is 144 cm³/mol. The molecule has 5 atom stereocenters. The molecule has 37 heavy (non-hydrogen) atoms. The Morgan fingerprint density at radius 3 is 2.00 bits per heavy atom. The average Bonchev–Trinajstić information content (AvgIpc) is 3.06. The largest absolute Gasteiger partial charge is 0.510 e. The summed E-state index contributed by atoms with van der Waals surface area (Å²) in [5.74, 6) is -2.79. The van der Waals surface area contributed by atoms with Crippen LogP contribution in [0.25, 0.3) is 0 Å². The standard InChI is InChI=1S/C31H46O6/c1-18(2)9-13-30(14-10-19(3)4)25(33)24(23(32)15-20(5)6)26(34)31(27(30)35)16-22-21(29(8,37)17-31)11-12-28(22,7)36/h9-10,20-22,34,36-37H,11-17H2,1-8H3/t21-,22+,28-,29+,31+/m1/s1. The monoisotopic (exact) mass is 514 g/mol. The Morgan fingerprint density at radius 2 is 1.51 bits per heavy atom. The summed E-state index contributed by atoms with van der Waals surface area (Å²) >= 11 is 0. The topological polar surface area (TPSA) is 112 Å². The summed E-state index contributed by atoms with van der Waals surface area (Å²) in [4.78, 5) is 42.5. The maximum atomic E-state index is 14.8. The smallest absolute Gasteiger partial charge is 0.184 e. The lowest BCUT2D eigenvalue weighted by Crippen LogP contribution is -2.62. The molecule has 2 saturated carbocycles. The molecule has 0 unspecified atom stereocenters. The van der Waals surface area contributed by atoms with E-state index >= 15 is 0 Å². The van der Waals surface area contributed by atoms with Gasteiger partial charge in [-0.2, -0.15) is 0 Å². The molecular formula is C31H46O6. The molecule has 6 heteroatoms. The van der Waals surface area contributed by atoms with Crippen LogP contribution < -0.4 is 0 Å². The SMILES string of the molecule is CC(C)=CCC1(CC=C(C)C)C(=O)C(C(=O)CC(C)C)=C(O)[C@@]2(C[C@H]3[C@@H](CC[C@@]3(C)O)[C@@](C)(O)C2)C1=O. The first-order valence-electron chi connectivity index (χ1n) is 13.7. The van der Waals surface area contributed by atoms with Gasteiger partial charge in [-0.1, -0.05) is 37.1 Å². The Hall–Kier alpha value is -2.05. The molecule has 0 amide bonds. The molecule has 206 valence electrons. The first kappa shape index (κ1) is 29.5. The highest BCUT2D eigenvalue weighted by molar-refractivity contribution is 6.31. The number of hydrogen-bond acceptors (Lipinski definition) is 6. The number of allylic oxidation sites excluding steroid dienone is 6. The second kappa shape index (κ2) is 9.92. The summed E-state index contributed by atoms with van der Waals surface area (Å²) in [6.45, 7) is 14.7. The third-order valence-corrected chi connectivity index (χ3v) is 9.08. The summed E-state index contributed by atoms with van der Waals surface area (Å²) in [5, 5.41) is 34.7. The highest BCUT2D eigenvalue weighted by Crippen LogP contribution is 2.63. The number of Topliss-reactive ketones (excluding diaryl/α,β-unsaturated/α-hetero) is 3. The van der Waals surface area contributed by atoms with Crippen molar-refractivity contribution in [2.24, 2.45) is 28.6 Å². The fourth-order valence-corrected chi connectivity index (χ4v) is 7.11. The number of aliphatic hydroxyl groups is 3. The maximum absolute atomic E-state index is 14.8. The first-order chi connectivity index (χ1) is 16.9. The van der Waals surface area contributed by atoms with Crippen LogP contribution >= 0.6 is 0 Å². The Kier molecular flexibility index (Phi) is 7.91. The van der Waals surface area contributed by atoms with E-state index in [1.807, 2.05) is 53.7 Å². The van der Waals surface area contributed by atoms with Gasteiger partial charge in [0.25, 0.3) is 0 Å².